The van der Waals surface area contributed by atoms with E-state index in [-0.39, 0.29) is 11.9 Å². The first-order chi connectivity index (χ1) is 14.6. The Kier molecular flexibility index (Phi) is 5.00. The monoisotopic (exact) mass is 509 g/mol. The Morgan fingerprint density at radius 2 is 1.67 bits per heavy atom. The van der Waals surface area contributed by atoms with E-state index in [0.717, 1.165) is 39.2 Å². The third kappa shape index (κ3) is 3.48. The second kappa shape index (κ2) is 7.81. The molecule has 1 saturated heterocycles. The fourth-order valence-corrected chi connectivity index (χ4v) is 4.45. The molecule has 1 fully saturated rings. The number of carbonyl (C=O) groups excluding carboxylic acids is 1. The SMILES string of the molecule is CN1CC(NC(=O)c2nn3c(-c4ccccc4)cc(-c4ccccc4)nc3c2I)C1. The molecule has 3 heterocycles. The van der Waals surface area contributed by atoms with Crippen LogP contribution in [0.2, 0.25) is 0 Å². The maximum atomic E-state index is 12.9. The Hall–Kier alpha value is -2.78. The van der Waals surface area contributed by atoms with Crippen LogP contribution < -0.4 is 5.32 Å². The molecule has 1 amide bonds. The van der Waals surface area contributed by atoms with Crippen LogP contribution in [0.25, 0.3) is 28.2 Å². The normalized spacial score (nSPS) is 14.6. The molecule has 30 heavy (non-hydrogen) atoms. The summed E-state index contributed by atoms with van der Waals surface area (Å²) in [5, 5.41) is 7.76. The summed E-state index contributed by atoms with van der Waals surface area (Å²) in [5.41, 5.74) is 4.91. The molecular weight excluding hydrogens is 489 g/mol. The molecule has 0 radical (unpaired) electrons. The summed E-state index contributed by atoms with van der Waals surface area (Å²) in [6.07, 6.45) is 0. The number of amides is 1. The fourth-order valence-electron chi connectivity index (χ4n) is 3.75. The summed E-state index contributed by atoms with van der Waals surface area (Å²) in [4.78, 5) is 19.9. The molecule has 0 aliphatic carbocycles. The fraction of sp³-hybridized carbons (Fsp3) is 0.174. The zero-order valence-corrected chi connectivity index (χ0v) is 18.6. The van der Waals surface area contributed by atoms with Gasteiger partial charge in [-0.05, 0) is 35.7 Å². The van der Waals surface area contributed by atoms with Gasteiger partial charge in [0.15, 0.2) is 11.3 Å². The van der Waals surface area contributed by atoms with Gasteiger partial charge in [-0.2, -0.15) is 5.10 Å². The zero-order valence-electron chi connectivity index (χ0n) is 16.4. The molecule has 0 bridgehead atoms. The maximum absolute atomic E-state index is 12.9. The molecule has 1 aliphatic rings. The van der Waals surface area contributed by atoms with Gasteiger partial charge in [0.25, 0.3) is 5.91 Å². The van der Waals surface area contributed by atoms with Crippen LogP contribution in [0.4, 0.5) is 0 Å². The number of halogens is 1. The summed E-state index contributed by atoms with van der Waals surface area (Å²) in [7, 11) is 2.04. The lowest BCUT2D eigenvalue weighted by Gasteiger charge is -2.36. The van der Waals surface area contributed by atoms with Gasteiger partial charge >= 0.3 is 0 Å². The van der Waals surface area contributed by atoms with E-state index in [2.05, 4.69) is 37.9 Å². The number of likely N-dealkylation sites (N-methyl/N-ethyl adjacent to an activating group) is 1. The minimum absolute atomic E-state index is 0.150. The van der Waals surface area contributed by atoms with Crippen LogP contribution in [0.5, 0.6) is 0 Å². The number of nitrogens with one attached hydrogen (secondary N) is 1. The van der Waals surface area contributed by atoms with Crippen LogP contribution in [0, 0.1) is 3.57 Å². The van der Waals surface area contributed by atoms with Crippen molar-refractivity contribution < 1.29 is 4.79 Å². The number of benzene rings is 2. The van der Waals surface area contributed by atoms with Crippen molar-refractivity contribution in [3.8, 4) is 22.5 Å². The highest BCUT2D eigenvalue weighted by molar-refractivity contribution is 14.1. The molecule has 6 nitrogen and oxygen atoms in total. The molecule has 150 valence electrons. The molecule has 0 atom stereocenters. The number of aromatic nitrogens is 3. The van der Waals surface area contributed by atoms with Gasteiger partial charge in [-0.1, -0.05) is 60.7 Å². The molecule has 7 heteroatoms. The van der Waals surface area contributed by atoms with Gasteiger partial charge < -0.3 is 10.2 Å². The van der Waals surface area contributed by atoms with Crippen molar-refractivity contribution in [3.63, 3.8) is 0 Å². The molecule has 1 N–H and O–H groups in total. The first-order valence-electron chi connectivity index (χ1n) is 9.79. The number of carbonyl (C=O) groups is 1. The summed E-state index contributed by atoms with van der Waals surface area (Å²) < 4.78 is 2.54. The van der Waals surface area contributed by atoms with Crippen LogP contribution in [0.3, 0.4) is 0 Å². The second-order valence-corrected chi connectivity index (χ2v) is 8.63. The summed E-state index contributed by atoms with van der Waals surface area (Å²) in [6, 6.07) is 22.3. The highest BCUT2D eigenvalue weighted by atomic mass is 127. The zero-order chi connectivity index (χ0) is 20.7. The van der Waals surface area contributed by atoms with E-state index in [9.17, 15) is 4.79 Å². The van der Waals surface area contributed by atoms with E-state index in [1.807, 2.05) is 73.8 Å². The summed E-state index contributed by atoms with van der Waals surface area (Å²) in [5.74, 6) is -0.150. The average molecular weight is 509 g/mol. The molecule has 0 unspecified atom stereocenters. The van der Waals surface area contributed by atoms with Gasteiger partial charge in [0, 0.05) is 24.2 Å². The first kappa shape index (κ1) is 19.2. The van der Waals surface area contributed by atoms with Gasteiger partial charge in [0.05, 0.1) is 21.0 Å². The van der Waals surface area contributed by atoms with E-state index in [1.165, 1.54) is 0 Å². The molecule has 5 rings (SSSR count). The largest absolute Gasteiger partial charge is 0.345 e. The average Bonchev–Trinajstić information content (AvgIpc) is 3.10. The highest BCUT2D eigenvalue weighted by Gasteiger charge is 2.28. The Labute approximate surface area is 188 Å². The third-order valence-corrected chi connectivity index (χ3v) is 6.28. The second-order valence-electron chi connectivity index (χ2n) is 7.55. The Morgan fingerprint density at radius 3 is 2.30 bits per heavy atom. The van der Waals surface area contributed by atoms with Crippen LogP contribution >= 0.6 is 22.6 Å². The van der Waals surface area contributed by atoms with Crippen LogP contribution in [-0.2, 0) is 0 Å². The number of hydrogen-bond acceptors (Lipinski definition) is 4. The molecule has 0 saturated carbocycles. The van der Waals surface area contributed by atoms with E-state index >= 15 is 0 Å². The predicted octanol–water partition coefficient (Wildman–Crippen LogP) is 3.71. The Morgan fingerprint density at radius 1 is 1.03 bits per heavy atom. The Balaban J connectivity index is 1.65. The first-order valence-corrected chi connectivity index (χ1v) is 10.9. The molecule has 0 spiro atoms. The van der Waals surface area contributed by atoms with E-state index in [4.69, 9.17) is 4.98 Å². The van der Waals surface area contributed by atoms with Gasteiger partial charge in [-0.15, -0.1) is 0 Å². The molecule has 1 aliphatic heterocycles. The van der Waals surface area contributed by atoms with Crippen molar-refractivity contribution in [2.75, 3.05) is 20.1 Å². The minimum atomic E-state index is -0.150. The molecular formula is C23H20IN5O. The molecule has 4 aromatic rings. The molecule has 2 aromatic heterocycles. The Bertz CT molecular complexity index is 1220. The van der Waals surface area contributed by atoms with Crippen LogP contribution in [0.15, 0.2) is 66.7 Å². The lowest BCUT2D eigenvalue weighted by Crippen LogP contribution is -2.57. The van der Waals surface area contributed by atoms with Gasteiger partial charge in [0.1, 0.15) is 0 Å². The van der Waals surface area contributed by atoms with Crippen molar-refractivity contribution in [2.45, 2.75) is 6.04 Å². The number of fused-ring (bicyclic) bond motifs is 1. The van der Waals surface area contributed by atoms with Gasteiger partial charge in [0.2, 0.25) is 0 Å². The minimum Gasteiger partial charge on any atom is -0.345 e. The van der Waals surface area contributed by atoms with Gasteiger partial charge in [-0.3, -0.25) is 4.79 Å². The predicted molar refractivity (Wildman–Crippen MR) is 125 cm³/mol. The highest BCUT2D eigenvalue weighted by Crippen LogP contribution is 2.29. The number of hydrogen-bond donors (Lipinski definition) is 1. The summed E-state index contributed by atoms with van der Waals surface area (Å²) in [6.45, 7) is 1.72. The van der Waals surface area contributed by atoms with Gasteiger partial charge in [-0.25, -0.2) is 9.50 Å². The van der Waals surface area contributed by atoms with Crippen LogP contribution in [0.1, 0.15) is 10.5 Å². The number of likely N-dealkylation sites (tertiary alicyclic amines) is 1. The number of rotatable bonds is 4. The quantitative estimate of drug-likeness (QED) is 0.427. The van der Waals surface area contributed by atoms with Crippen molar-refractivity contribution in [3.05, 3.63) is 76.0 Å². The lowest BCUT2D eigenvalue weighted by atomic mass is 10.1. The van der Waals surface area contributed by atoms with Crippen molar-refractivity contribution in [2.24, 2.45) is 0 Å². The molecule has 2 aromatic carbocycles. The lowest BCUT2D eigenvalue weighted by molar-refractivity contribution is 0.0851. The smallest absolute Gasteiger partial charge is 0.273 e. The van der Waals surface area contributed by atoms with Crippen molar-refractivity contribution in [1.82, 2.24) is 24.8 Å². The third-order valence-electron chi connectivity index (χ3n) is 5.29. The van der Waals surface area contributed by atoms with Crippen molar-refractivity contribution in [1.29, 1.82) is 0 Å². The van der Waals surface area contributed by atoms with E-state index < -0.39 is 0 Å². The topological polar surface area (TPSA) is 62.5 Å². The maximum Gasteiger partial charge on any atom is 0.273 e. The van der Waals surface area contributed by atoms with E-state index in [1.54, 1.807) is 4.52 Å². The van der Waals surface area contributed by atoms with Crippen molar-refractivity contribution >= 4 is 34.1 Å². The standard InChI is InChI=1S/C23H20IN5O/c1-28-13-17(14-28)25-23(30)21-20(24)22-26-18(15-8-4-2-5-9-15)12-19(29(22)27-21)16-10-6-3-7-11-16/h2-12,17H,13-14H2,1H3,(H,25,30). The van der Waals surface area contributed by atoms with Crippen LogP contribution in [-0.4, -0.2) is 51.6 Å². The summed E-state index contributed by atoms with van der Waals surface area (Å²) >= 11 is 2.19. The van der Waals surface area contributed by atoms with E-state index in [0.29, 0.717) is 11.3 Å². The number of nitrogens with zero attached hydrogens (tertiary/aromatic N) is 4.